The molecule has 0 spiro atoms. The molecule has 3 aromatic rings. The van der Waals surface area contributed by atoms with Gasteiger partial charge in [-0.2, -0.15) is 10.2 Å². The number of nitrogens with zero attached hydrogens (tertiary/aromatic N) is 5. The number of nitrogens with one attached hydrogen (secondary N) is 2. The number of aromatic amines is 1. The molecule has 0 aliphatic carbocycles. The second-order valence-electron chi connectivity index (χ2n) is 5.30. The second-order valence-corrected chi connectivity index (χ2v) is 6.54. The first-order chi connectivity index (χ1) is 12.5. The summed E-state index contributed by atoms with van der Waals surface area (Å²) in [6.07, 6.45) is 2.20. The minimum absolute atomic E-state index is 0.135. The van der Waals surface area contributed by atoms with Crippen LogP contribution in [0, 0.1) is 4.77 Å². The van der Waals surface area contributed by atoms with Crippen LogP contribution in [0.25, 0.3) is 0 Å². The molecule has 3 rings (SSSR count). The van der Waals surface area contributed by atoms with Gasteiger partial charge in [-0.15, -0.1) is 17.9 Å². The van der Waals surface area contributed by atoms with E-state index in [0.29, 0.717) is 22.9 Å². The highest BCUT2D eigenvalue weighted by Gasteiger charge is 2.13. The summed E-state index contributed by atoms with van der Waals surface area (Å²) in [4.78, 5) is 27.9. The van der Waals surface area contributed by atoms with Crippen molar-refractivity contribution in [2.75, 3.05) is 5.32 Å². The number of carbonyl (C=O) groups excluding carboxylic acids is 1. The fraction of sp³-hybridized carbons (Fsp3) is 0.200. The Morgan fingerprint density at radius 3 is 3.04 bits per heavy atom. The van der Waals surface area contributed by atoms with Crippen LogP contribution in [0.2, 0.25) is 0 Å². The molecule has 0 fully saturated rings. The molecule has 11 heteroatoms. The van der Waals surface area contributed by atoms with Gasteiger partial charge in [0, 0.05) is 25.0 Å². The minimum atomic E-state index is -0.434. The lowest BCUT2D eigenvalue weighted by atomic mass is 10.3. The Hall–Kier alpha value is -2.92. The van der Waals surface area contributed by atoms with Crippen LogP contribution >= 0.6 is 23.6 Å². The van der Waals surface area contributed by atoms with Crippen LogP contribution in [0.4, 0.5) is 5.13 Å². The van der Waals surface area contributed by atoms with E-state index in [1.807, 2.05) is 9.95 Å². The van der Waals surface area contributed by atoms with Crippen molar-refractivity contribution in [3.05, 3.63) is 62.5 Å². The van der Waals surface area contributed by atoms with Crippen LogP contribution in [-0.2, 0) is 20.0 Å². The van der Waals surface area contributed by atoms with Crippen molar-refractivity contribution in [3.63, 3.8) is 0 Å². The fourth-order valence-electron chi connectivity index (χ4n) is 2.19. The molecular formula is C15H15N7O2S2. The van der Waals surface area contributed by atoms with E-state index in [4.69, 9.17) is 12.2 Å². The molecule has 134 valence electrons. The maximum absolute atomic E-state index is 12.2. The number of thiazole rings is 1. The van der Waals surface area contributed by atoms with E-state index in [-0.39, 0.29) is 11.3 Å². The molecule has 0 aliphatic heterocycles. The average Bonchev–Trinajstić information content (AvgIpc) is 3.19. The first-order valence-corrected chi connectivity index (χ1v) is 8.82. The largest absolute Gasteiger partial charge is 0.300 e. The van der Waals surface area contributed by atoms with E-state index >= 15 is 0 Å². The first-order valence-electron chi connectivity index (χ1n) is 7.53. The van der Waals surface area contributed by atoms with Crippen LogP contribution in [0.5, 0.6) is 0 Å². The van der Waals surface area contributed by atoms with Gasteiger partial charge >= 0.3 is 0 Å². The molecule has 0 atom stereocenters. The van der Waals surface area contributed by atoms with Crippen molar-refractivity contribution in [1.82, 2.24) is 29.5 Å². The summed E-state index contributed by atoms with van der Waals surface area (Å²) < 4.78 is 3.45. The minimum Gasteiger partial charge on any atom is -0.300 e. The molecule has 0 aromatic carbocycles. The number of hydrogen-bond donors (Lipinski definition) is 2. The smallest absolute Gasteiger partial charge is 0.277 e. The summed E-state index contributed by atoms with van der Waals surface area (Å²) in [6, 6.07) is 2.66. The normalized spacial score (nSPS) is 10.7. The highest BCUT2D eigenvalue weighted by Crippen LogP contribution is 2.18. The third-order valence-electron chi connectivity index (χ3n) is 3.45. The monoisotopic (exact) mass is 389 g/mol. The quantitative estimate of drug-likeness (QED) is 0.488. The van der Waals surface area contributed by atoms with Crippen molar-refractivity contribution in [1.29, 1.82) is 0 Å². The number of carbonyl (C=O) groups is 1. The van der Waals surface area contributed by atoms with Crippen LogP contribution in [-0.4, -0.2) is 35.4 Å². The Labute approximate surface area is 157 Å². The molecule has 0 unspecified atom stereocenters. The predicted molar refractivity (Wildman–Crippen MR) is 100.0 cm³/mol. The second kappa shape index (κ2) is 7.54. The van der Waals surface area contributed by atoms with Gasteiger partial charge in [0.2, 0.25) is 0 Å². The molecule has 2 N–H and O–H groups in total. The molecule has 1 amide bonds. The molecule has 0 bridgehead atoms. The molecule has 0 radical (unpaired) electrons. The van der Waals surface area contributed by atoms with Gasteiger partial charge in [0.25, 0.3) is 11.5 Å². The zero-order valence-electron chi connectivity index (χ0n) is 13.8. The fourth-order valence-corrected chi connectivity index (χ4v) is 3.13. The van der Waals surface area contributed by atoms with Crippen LogP contribution in [0.1, 0.15) is 22.0 Å². The van der Waals surface area contributed by atoms with E-state index in [9.17, 15) is 9.59 Å². The zero-order valence-corrected chi connectivity index (χ0v) is 15.4. The number of anilines is 1. The van der Waals surface area contributed by atoms with Crippen molar-refractivity contribution in [2.24, 2.45) is 7.05 Å². The highest BCUT2D eigenvalue weighted by molar-refractivity contribution is 7.71. The summed E-state index contributed by atoms with van der Waals surface area (Å²) >= 11 is 6.47. The van der Waals surface area contributed by atoms with Gasteiger partial charge in [0.15, 0.2) is 9.90 Å². The van der Waals surface area contributed by atoms with Crippen molar-refractivity contribution in [2.45, 2.75) is 13.0 Å². The van der Waals surface area contributed by atoms with Gasteiger partial charge in [-0.1, -0.05) is 6.08 Å². The average molecular weight is 389 g/mol. The topological polar surface area (TPSA) is 110 Å². The summed E-state index contributed by atoms with van der Waals surface area (Å²) in [7, 11) is 1.48. The maximum Gasteiger partial charge on any atom is 0.277 e. The number of aryl methyl sites for hydroxylation is 1. The number of amides is 1. The SMILES string of the molecule is C=CCn1c(Cc2csc(NC(=O)c3ccc(=O)n(C)n3)n2)n[nH]c1=S. The molecule has 0 saturated carbocycles. The van der Waals surface area contributed by atoms with E-state index in [1.54, 1.807) is 6.08 Å². The molecule has 26 heavy (non-hydrogen) atoms. The predicted octanol–water partition coefficient (Wildman–Crippen LogP) is 1.52. The molecule has 0 aliphatic rings. The number of rotatable bonds is 6. The van der Waals surface area contributed by atoms with Gasteiger partial charge < -0.3 is 0 Å². The first kappa shape index (κ1) is 17.9. The number of aromatic nitrogens is 6. The molecule has 3 aromatic heterocycles. The number of allylic oxidation sites excluding steroid dienone is 1. The summed E-state index contributed by atoms with van der Waals surface area (Å²) in [6.45, 7) is 4.26. The van der Waals surface area contributed by atoms with Gasteiger partial charge in [-0.05, 0) is 18.3 Å². The van der Waals surface area contributed by atoms with E-state index in [0.717, 1.165) is 16.2 Å². The standard InChI is InChI=1S/C15H15N7O2S2/c1-3-6-22-11(18-19-15(22)25)7-9-8-26-14(16-9)17-13(24)10-4-5-12(23)21(2)20-10/h3-5,8H,1,6-7H2,2H3,(H,19,25)(H,16,17,24). The Balaban J connectivity index is 1.73. The van der Waals surface area contributed by atoms with Crippen LogP contribution in [0.15, 0.2) is 35.0 Å². The van der Waals surface area contributed by atoms with Gasteiger partial charge in [-0.25, -0.2) is 9.67 Å². The molecule has 0 saturated heterocycles. The summed E-state index contributed by atoms with van der Waals surface area (Å²) in [5.41, 5.74) is 0.597. The van der Waals surface area contributed by atoms with Crippen LogP contribution < -0.4 is 10.9 Å². The molecule has 3 heterocycles. The Morgan fingerprint density at radius 1 is 1.50 bits per heavy atom. The Kier molecular flexibility index (Phi) is 5.19. The van der Waals surface area contributed by atoms with E-state index < -0.39 is 5.91 Å². The lowest BCUT2D eigenvalue weighted by molar-refractivity contribution is 0.102. The molecule has 9 nitrogen and oxygen atoms in total. The van der Waals surface area contributed by atoms with Crippen LogP contribution in [0.3, 0.4) is 0 Å². The van der Waals surface area contributed by atoms with E-state index in [1.165, 1.54) is 30.5 Å². The van der Waals surface area contributed by atoms with Gasteiger partial charge in [0.05, 0.1) is 12.1 Å². The number of H-pyrrole nitrogens is 1. The van der Waals surface area contributed by atoms with Crippen molar-refractivity contribution < 1.29 is 4.79 Å². The van der Waals surface area contributed by atoms with Crippen molar-refractivity contribution >= 4 is 34.6 Å². The Morgan fingerprint density at radius 2 is 2.31 bits per heavy atom. The third-order valence-corrected chi connectivity index (χ3v) is 4.57. The van der Waals surface area contributed by atoms with Gasteiger partial charge in [0.1, 0.15) is 11.5 Å². The summed E-state index contributed by atoms with van der Waals surface area (Å²) in [5, 5.41) is 15.8. The summed E-state index contributed by atoms with van der Waals surface area (Å²) in [5.74, 6) is 0.300. The highest BCUT2D eigenvalue weighted by atomic mass is 32.1. The molecular weight excluding hydrogens is 374 g/mol. The third kappa shape index (κ3) is 3.83. The maximum atomic E-state index is 12.2. The lowest BCUT2D eigenvalue weighted by Crippen LogP contribution is -2.23. The lowest BCUT2D eigenvalue weighted by Gasteiger charge is -2.03. The van der Waals surface area contributed by atoms with Crippen molar-refractivity contribution in [3.8, 4) is 0 Å². The van der Waals surface area contributed by atoms with Gasteiger partial charge in [-0.3, -0.25) is 24.6 Å². The van der Waals surface area contributed by atoms with E-state index in [2.05, 4.69) is 32.2 Å². The number of hydrogen-bond acceptors (Lipinski definition) is 7. The zero-order chi connectivity index (χ0) is 18.7. The Bertz CT molecular complexity index is 1080.